The van der Waals surface area contributed by atoms with Crippen molar-refractivity contribution < 1.29 is 9.53 Å². The number of aromatic nitrogens is 4. The van der Waals surface area contributed by atoms with E-state index < -0.39 is 0 Å². The summed E-state index contributed by atoms with van der Waals surface area (Å²) < 4.78 is 7.18. The minimum absolute atomic E-state index is 0.0474. The first kappa shape index (κ1) is 22.9. The Morgan fingerprint density at radius 1 is 1.17 bits per heavy atom. The second kappa shape index (κ2) is 10.2. The number of hydrogen-bond donors (Lipinski definition) is 1. The number of nitrogens with one attached hydrogen (secondary N) is 1. The number of Topliss-reactive ketones (excluding diaryl/α,β-unsaturated/α-hetero) is 1. The summed E-state index contributed by atoms with van der Waals surface area (Å²) in [6.45, 7) is 4.62. The molecule has 0 saturated carbocycles. The Hall–Kier alpha value is -3.82. The fraction of sp³-hybridized carbons (Fsp3) is 0.240. The fourth-order valence-corrected chi connectivity index (χ4v) is 4.12. The maximum Gasteiger partial charge on any atom is 0.229 e. The molecule has 1 aliphatic heterocycles. The van der Waals surface area contributed by atoms with Crippen molar-refractivity contribution in [2.24, 2.45) is 5.10 Å². The molecule has 1 aliphatic rings. The zero-order chi connectivity index (χ0) is 24.2. The number of ketones is 1. The van der Waals surface area contributed by atoms with Crippen molar-refractivity contribution in [3.05, 3.63) is 76.6 Å². The number of nitrogens with zero attached hydrogens (tertiary/aromatic N) is 6. The molecule has 2 aromatic carbocycles. The summed E-state index contributed by atoms with van der Waals surface area (Å²) in [7, 11) is 0. The molecule has 1 saturated heterocycles. The van der Waals surface area contributed by atoms with E-state index in [1.54, 1.807) is 41.4 Å². The molecule has 2 aromatic heterocycles. The number of benzene rings is 2. The zero-order valence-corrected chi connectivity index (χ0v) is 19.9. The molecule has 3 heterocycles. The zero-order valence-electron chi connectivity index (χ0n) is 19.2. The number of imidazole rings is 1. The van der Waals surface area contributed by atoms with Gasteiger partial charge in [-0.15, -0.1) is 0 Å². The molecular formula is C25H24ClN7O2. The normalized spacial score (nSPS) is 14.1. The first-order chi connectivity index (χ1) is 17.1. The van der Waals surface area contributed by atoms with Gasteiger partial charge in [0.05, 0.1) is 37.3 Å². The quantitative estimate of drug-likeness (QED) is 0.238. The summed E-state index contributed by atoms with van der Waals surface area (Å²) >= 11 is 6.23. The van der Waals surface area contributed by atoms with Gasteiger partial charge in [0.15, 0.2) is 22.8 Å². The summed E-state index contributed by atoms with van der Waals surface area (Å²) in [6, 6.07) is 15.0. The number of ether oxygens (including phenoxy) is 1. The van der Waals surface area contributed by atoms with E-state index in [0.717, 1.165) is 11.1 Å². The Balaban J connectivity index is 1.48. The van der Waals surface area contributed by atoms with Crippen molar-refractivity contribution in [1.29, 1.82) is 0 Å². The summed E-state index contributed by atoms with van der Waals surface area (Å²) in [5.41, 5.74) is 6.65. The Bertz CT molecular complexity index is 1400. The highest BCUT2D eigenvalue weighted by Gasteiger charge is 2.20. The van der Waals surface area contributed by atoms with Crippen LogP contribution in [0, 0.1) is 6.92 Å². The van der Waals surface area contributed by atoms with Crippen molar-refractivity contribution in [3.63, 3.8) is 0 Å². The number of hydrogen-bond acceptors (Lipinski definition) is 8. The lowest BCUT2D eigenvalue weighted by molar-refractivity contribution is 0.0973. The van der Waals surface area contributed by atoms with Gasteiger partial charge in [-0.2, -0.15) is 15.1 Å². The lowest BCUT2D eigenvalue weighted by atomic mass is 10.1. The van der Waals surface area contributed by atoms with Gasteiger partial charge in [-0.25, -0.2) is 4.98 Å². The van der Waals surface area contributed by atoms with Crippen LogP contribution in [0.2, 0.25) is 5.02 Å². The second-order valence-corrected chi connectivity index (χ2v) is 8.61. The number of carbonyl (C=O) groups excluding carboxylic acids is 1. The van der Waals surface area contributed by atoms with Gasteiger partial charge in [-0.05, 0) is 24.6 Å². The smallest absolute Gasteiger partial charge is 0.229 e. The van der Waals surface area contributed by atoms with E-state index in [1.165, 1.54) is 0 Å². The molecule has 10 heteroatoms. The third-order valence-corrected chi connectivity index (χ3v) is 5.99. The van der Waals surface area contributed by atoms with E-state index in [1.807, 2.05) is 36.1 Å². The second-order valence-electron chi connectivity index (χ2n) is 8.20. The maximum atomic E-state index is 13.0. The Morgan fingerprint density at radius 2 is 2.00 bits per heavy atom. The van der Waals surface area contributed by atoms with Gasteiger partial charge in [0.25, 0.3) is 0 Å². The summed E-state index contributed by atoms with van der Waals surface area (Å²) in [5.74, 6) is 0.860. The topological polar surface area (TPSA) is 97.5 Å². The Labute approximate surface area is 207 Å². The molecule has 178 valence electrons. The number of rotatable bonds is 7. The van der Waals surface area contributed by atoms with Crippen LogP contribution in [-0.4, -0.2) is 57.8 Å². The molecule has 0 unspecified atom stereocenters. The molecule has 5 rings (SSSR count). The molecule has 35 heavy (non-hydrogen) atoms. The van der Waals surface area contributed by atoms with Gasteiger partial charge in [0.1, 0.15) is 0 Å². The van der Waals surface area contributed by atoms with Crippen LogP contribution in [0.25, 0.3) is 11.2 Å². The van der Waals surface area contributed by atoms with Gasteiger partial charge < -0.3 is 14.2 Å². The highest BCUT2D eigenvalue weighted by molar-refractivity contribution is 6.33. The number of aryl methyl sites for hydroxylation is 1. The third-order valence-electron chi connectivity index (χ3n) is 5.66. The molecule has 0 amide bonds. The number of morpholine rings is 1. The molecular weight excluding hydrogens is 466 g/mol. The number of anilines is 2. The number of fused-ring (bicyclic) bond motifs is 1. The Kier molecular flexibility index (Phi) is 6.69. The monoisotopic (exact) mass is 489 g/mol. The average Bonchev–Trinajstić information content (AvgIpc) is 3.27. The van der Waals surface area contributed by atoms with Crippen LogP contribution in [0.5, 0.6) is 0 Å². The van der Waals surface area contributed by atoms with E-state index in [-0.39, 0.29) is 12.3 Å². The molecule has 0 radical (unpaired) electrons. The number of halogens is 1. The maximum absolute atomic E-state index is 13.0. The van der Waals surface area contributed by atoms with Crippen LogP contribution >= 0.6 is 11.6 Å². The van der Waals surface area contributed by atoms with Crippen molar-refractivity contribution in [3.8, 4) is 0 Å². The van der Waals surface area contributed by atoms with Crippen LogP contribution in [0.3, 0.4) is 0 Å². The van der Waals surface area contributed by atoms with E-state index in [0.29, 0.717) is 59.8 Å². The number of carbonyl (C=O) groups is 1. The minimum Gasteiger partial charge on any atom is -0.378 e. The van der Waals surface area contributed by atoms with Gasteiger partial charge in [-0.3, -0.25) is 10.2 Å². The molecule has 4 aromatic rings. The van der Waals surface area contributed by atoms with E-state index in [9.17, 15) is 4.79 Å². The molecule has 1 fully saturated rings. The van der Waals surface area contributed by atoms with E-state index >= 15 is 0 Å². The molecule has 0 spiro atoms. The molecule has 0 bridgehead atoms. The lowest BCUT2D eigenvalue weighted by Crippen LogP contribution is -2.37. The van der Waals surface area contributed by atoms with Crippen LogP contribution < -0.4 is 10.3 Å². The molecule has 0 aliphatic carbocycles. The predicted octanol–water partition coefficient (Wildman–Crippen LogP) is 3.95. The summed E-state index contributed by atoms with van der Waals surface area (Å²) in [4.78, 5) is 28.9. The van der Waals surface area contributed by atoms with Crippen LogP contribution in [-0.2, 0) is 11.3 Å². The van der Waals surface area contributed by atoms with Gasteiger partial charge in [0.2, 0.25) is 5.95 Å². The standard InChI is InChI=1S/C25H24ClN7O2/c1-17-5-4-6-18(13-17)14-28-31-23-22-24(30-25(29-23)32-9-11-35-12-10-32)33(16-27-22)15-21(34)19-7-2-3-8-20(19)26/h2-8,13-14,16H,9-12,15H2,1H3,(H,29,30,31)/b28-14+. The van der Waals surface area contributed by atoms with Gasteiger partial charge >= 0.3 is 0 Å². The third kappa shape index (κ3) is 5.16. The molecule has 9 nitrogen and oxygen atoms in total. The average molecular weight is 490 g/mol. The number of hydrazone groups is 1. The first-order valence-corrected chi connectivity index (χ1v) is 11.7. The highest BCUT2D eigenvalue weighted by Crippen LogP contribution is 2.24. The first-order valence-electron chi connectivity index (χ1n) is 11.3. The lowest BCUT2D eigenvalue weighted by Gasteiger charge is -2.27. The van der Waals surface area contributed by atoms with Crippen LogP contribution in [0.15, 0.2) is 60.0 Å². The van der Waals surface area contributed by atoms with Crippen molar-refractivity contribution in [2.45, 2.75) is 13.5 Å². The SMILES string of the molecule is Cc1cccc(/C=N/Nc2nc(N3CCOCC3)nc3c2ncn3CC(=O)c2ccccc2Cl)c1. The van der Waals surface area contributed by atoms with Crippen molar-refractivity contribution >= 4 is 46.5 Å². The molecule has 1 N–H and O–H groups in total. The van der Waals surface area contributed by atoms with Gasteiger partial charge in [-0.1, -0.05) is 53.6 Å². The minimum atomic E-state index is -0.131. The van der Waals surface area contributed by atoms with Crippen LogP contribution in [0.1, 0.15) is 21.5 Å². The summed E-state index contributed by atoms with van der Waals surface area (Å²) in [5, 5.41) is 4.79. The van der Waals surface area contributed by atoms with E-state index in [2.05, 4.69) is 15.5 Å². The van der Waals surface area contributed by atoms with Gasteiger partial charge in [0, 0.05) is 18.7 Å². The van der Waals surface area contributed by atoms with Crippen LogP contribution in [0.4, 0.5) is 11.8 Å². The van der Waals surface area contributed by atoms with E-state index in [4.69, 9.17) is 26.3 Å². The highest BCUT2D eigenvalue weighted by atomic mass is 35.5. The van der Waals surface area contributed by atoms with Crippen molar-refractivity contribution in [1.82, 2.24) is 19.5 Å². The van der Waals surface area contributed by atoms with Crippen molar-refractivity contribution in [2.75, 3.05) is 36.6 Å². The summed E-state index contributed by atoms with van der Waals surface area (Å²) in [6.07, 6.45) is 3.32. The predicted molar refractivity (Wildman–Crippen MR) is 137 cm³/mol. The fourth-order valence-electron chi connectivity index (χ4n) is 3.88. The molecule has 0 atom stereocenters. The largest absolute Gasteiger partial charge is 0.378 e. The Morgan fingerprint density at radius 3 is 2.80 bits per heavy atom.